The number of aliphatic imine (C=N–C) groups is 1. The zero-order chi connectivity index (χ0) is 14.5. The second-order valence-corrected chi connectivity index (χ2v) is 6.11. The summed E-state index contributed by atoms with van der Waals surface area (Å²) in [6, 6.07) is 11.4. The SMILES string of the molecule is CN1CCN=C1NCC1CCCCN1Cc1ccccc1. The van der Waals surface area contributed by atoms with Gasteiger partial charge >= 0.3 is 0 Å². The largest absolute Gasteiger partial charge is 0.355 e. The first-order valence-corrected chi connectivity index (χ1v) is 8.10. The lowest BCUT2D eigenvalue weighted by Crippen LogP contribution is -2.48. The third kappa shape index (κ3) is 3.76. The van der Waals surface area contributed by atoms with Crippen LogP contribution in [0.15, 0.2) is 35.3 Å². The highest BCUT2D eigenvalue weighted by atomic mass is 15.3. The molecule has 1 aromatic carbocycles. The fraction of sp³-hybridized carbons (Fsp3) is 0.588. The molecule has 1 unspecified atom stereocenters. The van der Waals surface area contributed by atoms with E-state index < -0.39 is 0 Å². The molecule has 0 bridgehead atoms. The van der Waals surface area contributed by atoms with E-state index in [1.54, 1.807) is 0 Å². The maximum Gasteiger partial charge on any atom is 0.193 e. The van der Waals surface area contributed by atoms with Gasteiger partial charge in [-0.25, -0.2) is 0 Å². The number of nitrogens with zero attached hydrogens (tertiary/aromatic N) is 3. The molecule has 1 N–H and O–H groups in total. The van der Waals surface area contributed by atoms with Gasteiger partial charge in [0.2, 0.25) is 0 Å². The van der Waals surface area contributed by atoms with E-state index >= 15 is 0 Å². The van der Waals surface area contributed by atoms with Crippen molar-refractivity contribution in [2.24, 2.45) is 4.99 Å². The molecular formula is C17H26N4. The van der Waals surface area contributed by atoms with Gasteiger partial charge in [-0.2, -0.15) is 0 Å². The zero-order valence-electron chi connectivity index (χ0n) is 13.0. The number of piperidine rings is 1. The number of likely N-dealkylation sites (N-methyl/N-ethyl adjacent to an activating group) is 1. The van der Waals surface area contributed by atoms with E-state index in [0.29, 0.717) is 6.04 Å². The first-order valence-electron chi connectivity index (χ1n) is 8.10. The number of nitrogens with one attached hydrogen (secondary N) is 1. The Morgan fingerprint density at radius 3 is 2.81 bits per heavy atom. The summed E-state index contributed by atoms with van der Waals surface area (Å²) in [6.45, 7) is 5.26. The molecule has 2 aliphatic rings. The van der Waals surface area contributed by atoms with Crippen molar-refractivity contribution in [3.63, 3.8) is 0 Å². The fourth-order valence-corrected chi connectivity index (χ4v) is 3.25. The fourth-order valence-electron chi connectivity index (χ4n) is 3.25. The summed E-state index contributed by atoms with van der Waals surface area (Å²) in [4.78, 5) is 9.36. The minimum Gasteiger partial charge on any atom is -0.355 e. The highest BCUT2D eigenvalue weighted by molar-refractivity contribution is 5.81. The van der Waals surface area contributed by atoms with E-state index in [2.05, 4.69) is 57.5 Å². The van der Waals surface area contributed by atoms with E-state index in [-0.39, 0.29) is 0 Å². The number of guanidine groups is 1. The Morgan fingerprint density at radius 2 is 2.05 bits per heavy atom. The molecule has 3 rings (SSSR count). The summed E-state index contributed by atoms with van der Waals surface area (Å²) in [5.74, 6) is 1.07. The molecule has 0 saturated carbocycles. The molecule has 21 heavy (non-hydrogen) atoms. The minimum absolute atomic E-state index is 0.621. The van der Waals surface area contributed by atoms with Gasteiger partial charge in [0.15, 0.2) is 5.96 Å². The van der Waals surface area contributed by atoms with Crippen molar-refractivity contribution < 1.29 is 0 Å². The molecule has 2 heterocycles. The van der Waals surface area contributed by atoms with Gasteiger partial charge in [0.05, 0.1) is 6.54 Å². The Balaban J connectivity index is 1.56. The molecule has 0 amide bonds. The number of likely N-dealkylation sites (tertiary alicyclic amines) is 1. The minimum atomic E-state index is 0.621. The first-order chi connectivity index (χ1) is 10.3. The highest BCUT2D eigenvalue weighted by Gasteiger charge is 2.23. The van der Waals surface area contributed by atoms with Crippen LogP contribution in [0.25, 0.3) is 0 Å². The van der Waals surface area contributed by atoms with Crippen molar-refractivity contribution in [2.45, 2.75) is 31.8 Å². The maximum absolute atomic E-state index is 4.52. The smallest absolute Gasteiger partial charge is 0.193 e. The van der Waals surface area contributed by atoms with Crippen LogP contribution < -0.4 is 5.32 Å². The lowest BCUT2D eigenvalue weighted by atomic mass is 10.0. The summed E-state index contributed by atoms with van der Waals surface area (Å²) < 4.78 is 0. The topological polar surface area (TPSA) is 30.9 Å². The molecule has 4 heteroatoms. The van der Waals surface area contributed by atoms with Crippen molar-refractivity contribution in [1.82, 2.24) is 15.1 Å². The van der Waals surface area contributed by atoms with Gasteiger partial charge in [0, 0.05) is 32.7 Å². The molecule has 0 aliphatic carbocycles. The van der Waals surface area contributed by atoms with Crippen molar-refractivity contribution in [3.05, 3.63) is 35.9 Å². The molecule has 0 spiro atoms. The third-order valence-corrected chi connectivity index (χ3v) is 4.53. The highest BCUT2D eigenvalue weighted by Crippen LogP contribution is 2.19. The molecular weight excluding hydrogens is 260 g/mol. The summed E-state index contributed by atoms with van der Waals surface area (Å²) in [5, 5.41) is 3.55. The zero-order valence-corrected chi connectivity index (χ0v) is 13.0. The average Bonchev–Trinajstić information content (AvgIpc) is 2.93. The lowest BCUT2D eigenvalue weighted by molar-refractivity contribution is 0.141. The van der Waals surface area contributed by atoms with Crippen molar-refractivity contribution in [1.29, 1.82) is 0 Å². The van der Waals surface area contributed by atoms with Crippen LogP contribution >= 0.6 is 0 Å². The van der Waals surface area contributed by atoms with Gasteiger partial charge < -0.3 is 10.2 Å². The third-order valence-electron chi connectivity index (χ3n) is 4.53. The van der Waals surface area contributed by atoms with Crippen LogP contribution in [0, 0.1) is 0 Å². The van der Waals surface area contributed by atoms with Gasteiger partial charge in [-0.1, -0.05) is 36.8 Å². The van der Waals surface area contributed by atoms with E-state index in [4.69, 9.17) is 0 Å². The Morgan fingerprint density at radius 1 is 1.19 bits per heavy atom. The van der Waals surface area contributed by atoms with Crippen LogP contribution in [-0.4, -0.2) is 55.0 Å². The summed E-state index contributed by atoms with van der Waals surface area (Å²) in [5.41, 5.74) is 1.42. The van der Waals surface area contributed by atoms with E-state index in [0.717, 1.165) is 32.1 Å². The molecule has 114 valence electrons. The Hall–Kier alpha value is -1.55. The molecule has 1 fully saturated rings. The van der Waals surface area contributed by atoms with Gasteiger partial charge in [-0.05, 0) is 24.9 Å². The van der Waals surface area contributed by atoms with Gasteiger partial charge in [-0.3, -0.25) is 9.89 Å². The van der Waals surface area contributed by atoms with Gasteiger partial charge in [0.25, 0.3) is 0 Å². The van der Waals surface area contributed by atoms with Crippen LogP contribution in [0.2, 0.25) is 0 Å². The van der Waals surface area contributed by atoms with Crippen molar-refractivity contribution >= 4 is 5.96 Å². The second-order valence-electron chi connectivity index (χ2n) is 6.11. The first kappa shape index (κ1) is 14.4. The van der Waals surface area contributed by atoms with Crippen LogP contribution in [0.3, 0.4) is 0 Å². The van der Waals surface area contributed by atoms with Gasteiger partial charge in [-0.15, -0.1) is 0 Å². The Bertz CT molecular complexity index is 471. The Labute approximate surface area is 127 Å². The van der Waals surface area contributed by atoms with Crippen LogP contribution in [0.5, 0.6) is 0 Å². The predicted octanol–water partition coefficient (Wildman–Crippen LogP) is 1.93. The number of rotatable bonds is 4. The molecule has 1 saturated heterocycles. The molecule has 4 nitrogen and oxygen atoms in total. The standard InChI is InChI=1S/C17H26N4/c1-20-12-10-18-17(20)19-13-16-9-5-6-11-21(16)14-15-7-3-2-4-8-15/h2-4,7-8,16H,5-6,9-14H2,1H3,(H,18,19). The molecule has 2 aliphatic heterocycles. The monoisotopic (exact) mass is 286 g/mol. The van der Waals surface area contributed by atoms with Gasteiger partial charge in [0.1, 0.15) is 0 Å². The quantitative estimate of drug-likeness (QED) is 0.917. The number of benzene rings is 1. The molecule has 0 radical (unpaired) electrons. The normalized spacial score (nSPS) is 23.2. The van der Waals surface area contributed by atoms with E-state index in [1.807, 2.05) is 0 Å². The summed E-state index contributed by atoms with van der Waals surface area (Å²) >= 11 is 0. The molecule has 1 atom stereocenters. The summed E-state index contributed by atoms with van der Waals surface area (Å²) in [7, 11) is 2.11. The molecule has 1 aromatic rings. The van der Waals surface area contributed by atoms with Crippen molar-refractivity contribution in [2.75, 3.05) is 33.2 Å². The molecule has 0 aromatic heterocycles. The summed E-state index contributed by atoms with van der Waals surface area (Å²) in [6.07, 6.45) is 3.96. The van der Waals surface area contributed by atoms with Crippen molar-refractivity contribution in [3.8, 4) is 0 Å². The van der Waals surface area contributed by atoms with Crippen LogP contribution in [-0.2, 0) is 6.54 Å². The van der Waals surface area contributed by atoms with Crippen LogP contribution in [0.4, 0.5) is 0 Å². The predicted molar refractivity (Wildman–Crippen MR) is 87.4 cm³/mol. The lowest BCUT2D eigenvalue weighted by Gasteiger charge is -2.36. The number of hydrogen-bond acceptors (Lipinski definition) is 4. The maximum atomic E-state index is 4.52. The second kappa shape index (κ2) is 6.94. The van der Waals surface area contributed by atoms with E-state index in [9.17, 15) is 0 Å². The van der Waals surface area contributed by atoms with Crippen LogP contribution in [0.1, 0.15) is 24.8 Å². The number of hydrogen-bond donors (Lipinski definition) is 1. The van der Waals surface area contributed by atoms with E-state index in [1.165, 1.54) is 31.4 Å². The Kier molecular flexibility index (Phi) is 4.76. The average molecular weight is 286 g/mol.